The fourth-order valence-electron chi connectivity index (χ4n) is 2.95. The first kappa shape index (κ1) is 15.7. The summed E-state index contributed by atoms with van der Waals surface area (Å²) < 4.78 is 17.4. The molecule has 3 nitrogen and oxygen atoms in total. The topological polar surface area (TPSA) is 22.8 Å². The average molecular weight is 352 g/mol. The van der Waals surface area contributed by atoms with Gasteiger partial charge >= 0.3 is 0 Å². The summed E-state index contributed by atoms with van der Waals surface area (Å²) in [5, 5.41) is 0.707. The van der Waals surface area contributed by atoms with Crippen LogP contribution in [0, 0.1) is 5.82 Å². The Morgan fingerprint density at radius 3 is 2.32 bits per heavy atom. The lowest BCUT2D eigenvalue weighted by Gasteiger charge is -2.18. The molecule has 1 unspecified atom stereocenters. The maximum absolute atomic E-state index is 13.3. The summed E-state index contributed by atoms with van der Waals surface area (Å²) in [6, 6.07) is 16.2. The van der Waals surface area contributed by atoms with E-state index in [1.807, 2.05) is 45.8 Å². The Kier molecular flexibility index (Phi) is 4.12. The zero-order valence-electron chi connectivity index (χ0n) is 13.3. The van der Waals surface area contributed by atoms with E-state index in [1.165, 1.54) is 12.1 Å². The predicted molar refractivity (Wildman–Crippen MR) is 96.6 cm³/mol. The van der Waals surface area contributed by atoms with Crippen LogP contribution in [0.5, 0.6) is 0 Å². The van der Waals surface area contributed by atoms with Crippen molar-refractivity contribution in [2.75, 3.05) is 0 Å². The molecule has 0 aliphatic heterocycles. The summed E-state index contributed by atoms with van der Waals surface area (Å²) >= 11 is 5.96. The van der Waals surface area contributed by atoms with Gasteiger partial charge in [-0.2, -0.15) is 0 Å². The molecule has 0 amide bonds. The minimum atomic E-state index is -0.244. The highest BCUT2D eigenvalue weighted by molar-refractivity contribution is 6.30. The Labute approximate surface area is 149 Å². The van der Waals surface area contributed by atoms with Crippen LogP contribution in [0.25, 0.3) is 5.69 Å². The Hall–Kier alpha value is -2.85. The normalized spacial score (nSPS) is 12.2. The van der Waals surface area contributed by atoms with Crippen molar-refractivity contribution in [2.24, 2.45) is 0 Å². The monoisotopic (exact) mass is 351 g/mol. The van der Waals surface area contributed by atoms with Crippen molar-refractivity contribution >= 4 is 11.6 Å². The molecule has 4 aromatic rings. The maximum Gasteiger partial charge on any atom is 0.123 e. The van der Waals surface area contributed by atoms with Gasteiger partial charge in [-0.1, -0.05) is 23.7 Å². The van der Waals surface area contributed by atoms with Crippen molar-refractivity contribution in [3.05, 3.63) is 108 Å². The van der Waals surface area contributed by atoms with Crippen molar-refractivity contribution in [1.82, 2.24) is 14.1 Å². The van der Waals surface area contributed by atoms with E-state index in [9.17, 15) is 4.39 Å². The molecule has 0 fully saturated rings. The highest BCUT2D eigenvalue weighted by Gasteiger charge is 2.17. The molecule has 1 atom stereocenters. The number of benzene rings is 2. The number of hydrogen-bond acceptors (Lipinski definition) is 1. The van der Waals surface area contributed by atoms with Gasteiger partial charge < -0.3 is 9.13 Å². The molecule has 2 aromatic heterocycles. The first-order valence-corrected chi connectivity index (χ1v) is 8.25. The summed E-state index contributed by atoms with van der Waals surface area (Å²) in [6.07, 6.45) is 9.50. The Morgan fingerprint density at radius 2 is 1.64 bits per heavy atom. The van der Waals surface area contributed by atoms with Gasteiger partial charge in [0.25, 0.3) is 0 Å². The molecule has 0 radical (unpaired) electrons. The van der Waals surface area contributed by atoms with Gasteiger partial charge in [0.05, 0.1) is 12.4 Å². The molecule has 25 heavy (non-hydrogen) atoms. The minimum absolute atomic E-state index is 0.0725. The van der Waals surface area contributed by atoms with Gasteiger partial charge in [-0.15, -0.1) is 0 Å². The van der Waals surface area contributed by atoms with Gasteiger partial charge in [0.2, 0.25) is 0 Å². The molecule has 124 valence electrons. The quantitative estimate of drug-likeness (QED) is 0.501. The number of aromatic nitrogens is 3. The van der Waals surface area contributed by atoms with Crippen LogP contribution < -0.4 is 0 Å². The number of imidazole rings is 1. The van der Waals surface area contributed by atoms with Crippen LogP contribution in [0.15, 0.2) is 85.7 Å². The summed E-state index contributed by atoms with van der Waals surface area (Å²) in [7, 11) is 0. The summed E-state index contributed by atoms with van der Waals surface area (Å²) in [5.41, 5.74) is 3.10. The van der Waals surface area contributed by atoms with Crippen LogP contribution in [0.2, 0.25) is 5.02 Å². The highest BCUT2D eigenvalue weighted by atomic mass is 35.5. The molecule has 0 aliphatic rings. The Morgan fingerprint density at radius 1 is 0.880 bits per heavy atom. The summed E-state index contributed by atoms with van der Waals surface area (Å²) in [5.74, 6) is -0.244. The Balaban J connectivity index is 1.75. The van der Waals surface area contributed by atoms with Gasteiger partial charge in [-0.3, -0.25) is 0 Å². The average Bonchev–Trinajstić information content (AvgIpc) is 3.30. The van der Waals surface area contributed by atoms with Crippen molar-refractivity contribution in [1.29, 1.82) is 0 Å². The predicted octanol–water partition coefficient (Wildman–Crippen LogP) is 5.10. The van der Waals surface area contributed by atoms with Crippen molar-refractivity contribution in [2.45, 2.75) is 6.04 Å². The van der Waals surface area contributed by atoms with E-state index >= 15 is 0 Å². The fraction of sp³-hybridized carbons (Fsp3) is 0.0500. The molecular weight excluding hydrogens is 337 g/mol. The summed E-state index contributed by atoms with van der Waals surface area (Å²) in [4.78, 5) is 4.15. The molecule has 0 N–H and O–H groups in total. The van der Waals surface area contributed by atoms with E-state index in [-0.39, 0.29) is 11.9 Å². The summed E-state index contributed by atoms with van der Waals surface area (Å²) in [6.45, 7) is 0. The number of nitrogens with zero attached hydrogens (tertiary/aromatic N) is 3. The van der Waals surface area contributed by atoms with E-state index in [1.54, 1.807) is 24.7 Å². The molecule has 2 heterocycles. The molecule has 4 rings (SSSR count). The molecule has 0 aliphatic carbocycles. The van der Waals surface area contributed by atoms with Crippen LogP contribution in [0.4, 0.5) is 4.39 Å². The molecule has 0 saturated carbocycles. The fourth-order valence-corrected chi connectivity index (χ4v) is 3.08. The molecular formula is C20H15ClFN3. The van der Waals surface area contributed by atoms with E-state index in [0.29, 0.717) is 5.02 Å². The van der Waals surface area contributed by atoms with Gasteiger partial charge in [-0.05, 0) is 53.6 Å². The second-order valence-corrected chi connectivity index (χ2v) is 6.23. The third-order valence-corrected chi connectivity index (χ3v) is 4.42. The smallest absolute Gasteiger partial charge is 0.123 e. The lowest BCUT2D eigenvalue weighted by atomic mass is 10.0. The third kappa shape index (κ3) is 3.21. The maximum atomic E-state index is 13.3. The lowest BCUT2D eigenvalue weighted by molar-refractivity contribution is 0.622. The van der Waals surface area contributed by atoms with Crippen LogP contribution in [0.1, 0.15) is 17.2 Å². The zero-order chi connectivity index (χ0) is 17.2. The zero-order valence-corrected chi connectivity index (χ0v) is 14.0. The number of halogens is 2. The van der Waals surface area contributed by atoms with Crippen LogP contribution in [-0.2, 0) is 0 Å². The SMILES string of the molecule is Fc1ccc(C(c2ccn(-c3ccc(Cl)cc3)c2)n2ccnc2)cc1. The first-order valence-electron chi connectivity index (χ1n) is 7.87. The second-order valence-electron chi connectivity index (χ2n) is 5.79. The van der Waals surface area contributed by atoms with Crippen molar-refractivity contribution in [3.8, 4) is 5.69 Å². The molecule has 5 heteroatoms. The van der Waals surface area contributed by atoms with E-state index < -0.39 is 0 Å². The van der Waals surface area contributed by atoms with Gasteiger partial charge in [0.1, 0.15) is 5.82 Å². The lowest BCUT2D eigenvalue weighted by Crippen LogP contribution is -2.10. The molecule has 0 bridgehead atoms. The van der Waals surface area contributed by atoms with Gasteiger partial charge in [-0.25, -0.2) is 9.37 Å². The second kappa shape index (κ2) is 6.57. The van der Waals surface area contributed by atoms with Crippen LogP contribution >= 0.6 is 11.6 Å². The standard InChI is InChI=1S/C20H15ClFN3/c21-17-3-7-19(8-4-17)24-11-9-16(13-24)20(25-12-10-23-14-25)15-1-5-18(22)6-2-15/h1-14,20H. The molecule has 0 spiro atoms. The highest BCUT2D eigenvalue weighted by Crippen LogP contribution is 2.28. The number of rotatable bonds is 4. The molecule has 2 aromatic carbocycles. The third-order valence-electron chi connectivity index (χ3n) is 4.17. The van der Waals surface area contributed by atoms with E-state index in [2.05, 4.69) is 17.2 Å². The van der Waals surface area contributed by atoms with Crippen molar-refractivity contribution in [3.63, 3.8) is 0 Å². The molecule has 0 saturated heterocycles. The van der Waals surface area contributed by atoms with Gasteiger partial charge in [0.15, 0.2) is 0 Å². The van der Waals surface area contributed by atoms with Gasteiger partial charge in [0, 0.05) is 35.5 Å². The Bertz CT molecular complexity index is 957. The minimum Gasteiger partial charge on any atom is -0.326 e. The van der Waals surface area contributed by atoms with Crippen LogP contribution in [-0.4, -0.2) is 14.1 Å². The van der Waals surface area contributed by atoms with Crippen molar-refractivity contribution < 1.29 is 4.39 Å². The van der Waals surface area contributed by atoms with E-state index in [0.717, 1.165) is 16.8 Å². The van der Waals surface area contributed by atoms with Crippen LogP contribution in [0.3, 0.4) is 0 Å². The van der Waals surface area contributed by atoms with E-state index in [4.69, 9.17) is 11.6 Å². The largest absolute Gasteiger partial charge is 0.326 e. The first-order chi connectivity index (χ1) is 12.2. The number of hydrogen-bond donors (Lipinski definition) is 0.